The van der Waals surface area contributed by atoms with E-state index < -0.39 is 0 Å². The van der Waals surface area contributed by atoms with E-state index in [1.165, 1.54) is 11.1 Å². The SMILES string of the molecule is O=C(CSC(c1ccccc1)c1ccccc1)Nc1ccccc1Br. The van der Waals surface area contributed by atoms with E-state index in [0.29, 0.717) is 5.75 Å². The fourth-order valence-corrected chi connectivity index (χ4v) is 4.02. The maximum absolute atomic E-state index is 12.4. The summed E-state index contributed by atoms with van der Waals surface area (Å²) < 4.78 is 0.885. The summed E-state index contributed by atoms with van der Waals surface area (Å²) in [6.07, 6.45) is 0. The lowest BCUT2D eigenvalue weighted by molar-refractivity contribution is -0.113. The number of halogens is 1. The van der Waals surface area contributed by atoms with Gasteiger partial charge in [0.25, 0.3) is 0 Å². The van der Waals surface area contributed by atoms with Gasteiger partial charge in [-0.1, -0.05) is 72.8 Å². The van der Waals surface area contributed by atoms with Gasteiger partial charge in [-0.15, -0.1) is 11.8 Å². The Morgan fingerprint density at radius 2 is 1.36 bits per heavy atom. The van der Waals surface area contributed by atoms with Crippen molar-refractivity contribution in [1.82, 2.24) is 0 Å². The van der Waals surface area contributed by atoms with E-state index >= 15 is 0 Å². The van der Waals surface area contributed by atoms with Crippen molar-refractivity contribution in [3.8, 4) is 0 Å². The Balaban J connectivity index is 1.71. The van der Waals surface area contributed by atoms with Crippen molar-refractivity contribution in [2.45, 2.75) is 5.25 Å². The highest BCUT2D eigenvalue weighted by Crippen LogP contribution is 2.35. The molecule has 0 aliphatic heterocycles. The molecule has 4 heteroatoms. The Kier molecular flexibility index (Phi) is 6.31. The van der Waals surface area contributed by atoms with E-state index in [1.54, 1.807) is 11.8 Å². The summed E-state index contributed by atoms with van der Waals surface area (Å²) in [6, 6.07) is 28.2. The van der Waals surface area contributed by atoms with Crippen LogP contribution in [0.3, 0.4) is 0 Å². The largest absolute Gasteiger partial charge is 0.324 e. The number of hydrogen-bond donors (Lipinski definition) is 1. The van der Waals surface area contributed by atoms with Gasteiger partial charge < -0.3 is 5.32 Å². The fraction of sp³-hybridized carbons (Fsp3) is 0.0952. The molecule has 0 aromatic heterocycles. The van der Waals surface area contributed by atoms with Crippen LogP contribution < -0.4 is 5.32 Å². The Morgan fingerprint density at radius 3 is 1.92 bits per heavy atom. The standard InChI is InChI=1S/C21H18BrNOS/c22-18-13-7-8-14-19(18)23-20(24)15-25-21(16-9-3-1-4-10-16)17-11-5-2-6-12-17/h1-14,21H,15H2,(H,23,24). The van der Waals surface area contributed by atoms with Gasteiger partial charge >= 0.3 is 0 Å². The van der Waals surface area contributed by atoms with Crippen LogP contribution in [0.5, 0.6) is 0 Å². The summed E-state index contributed by atoms with van der Waals surface area (Å²) in [4.78, 5) is 12.4. The van der Waals surface area contributed by atoms with E-state index in [4.69, 9.17) is 0 Å². The highest BCUT2D eigenvalue weighted by atomic mass is 79.9. The van der Waals surface area contributed by atoms with Crippen LogP contribution in [0.15, 0.2) is 89.4 Å². The minimum absolute atomic E-state index is 0.00578. The number of amides is 1. The zero-order valence-electron chi connectivity index (χ0n) is 13.6. The number of rotatable bonds is 6. The van der Waals surface area contributed by atoms with Crippen LogP contribution in [0, 0.1) is 0 Å². The van der Waals surface area contributed by atoms with Crippen molar-refractivity contribution in [3.05, 3.63) is 101 Å². The van der Waals surface area contributed by atoms with Gasteiger partial charge in [-0.3, -0.25) is 4.79 Å². The number of thioether (sulfide) groups is 1. The van der Waals surface area contributed by atoms with Gasteiger partial charge in [-0.05, 0) is 39.2 Å². The third-order valence-electron chi connectivity index (χ3n) is 3.73. The third kappa shape index (κ3) is 4.97. The lowest BCUT2D eigenvalue weighted by atomic mass is 10.0. The predicted octanol–water partition coefficient (Wildman–Crippen LogP) is 5.91. The van der Waals surface area contributed by atoms with Crippen molar-refractivity contribution in [1.29, 1.82) is 0 Å². The summed E-state index contributed by atoms with van der Waals surface area (Å²) >= 11 is 5.09. The first kappa shape index (κ1) is 17.8. The first-order valence-electron chi connectivity index (χ1n) is 8.00. The molecule has 0 saturated heterocycles. The number of hydrogen-bond acceptors (Lipinski definition) is 2. The van der Waals surface area contributed by atoms with Gasteiger partial charge in [-0.2, -0.15) is 0 Å². The fourth-order valence-electron chi connectivity index (χ4n) is 2.55. The topological polar surface area (TPSA) is 29.1 Å². The second-order valence-corrected chi connectivity index (χ2v) is 7.49. The van der Waals surface area contributed by atoms with Crippen LogP contribution in [0.2, 0.25) is 0 Å². The van der Waals surface area contributed by atoms with Crippen molar-refractivity contribution in [2.24, 2.45) is 0 Å². The molecule has 25 heavy (non-hydrogen) atoms. The second kappa shape index (κ2) is 8.88. The molecule has 3 aromatic rings. The maximum Gasteiger partial charge on any atom is 0.234 e. The van der Waals surface area contributed by atoms with Crippen LogP contribution in [-0.4, -0.2) is 11.7 Å². The predicted molar refractivity (Wildman–Crippen MR) is 110 cm³/mol. The average molecular weight is 412 g/mol. The number of carbonyl (C=O) groups is 1. The molecule has 3 rings (SSSR count). The molecule has 0 saturated carbocycles. The van der Waals surface area contributed by atoms with Gasteiger partial charge in [-0.25, -0.2) is 0 Å². The van der Waals surface area contributed by atoms with Crippen LogP contribution >= 0.6 is 27.7 Å². The number of nitrogens with one attached hydrogen (secondary N) is 1. The lowest BCUT2D eigenvalue weighted by Crippen LogP contribution is -2.15. The zero-order chi connectivity index (χ0) is 17.5. The van der Waals surface area contributed by atoms with Gasteiger partial charge in [0, 0.05) is 4.47 Å². The van der Waals surface area contributed by atoms with Gasteiger partial charge in [0.2, 0.25) is 5.91 Å². The minimum atomic E-state index is -0.00578. The maximum atomic E-state index is 12.4. The third-order valence-corrected chi connectivity index (χ3v) is 5.73. The van der Waals surface area contributed by atoms with E-state index in [9.17, 15) is 4.79 Å². The van der Waals surface area contributed by atoms with Gasteiger partial charge in [0.15, 0.2) is 0 Å². The van der Waals surface area contributed by atoms with Crippen molar-refractivity contribution < 1.29 is 4.79 Å². The van der Waals surface area contributed by atoms with Crippen molar-refractivity contribution >= 4 is 39.3 Å². The molecule has 0 bridgehead atoms. The summed E-state index contributed by atoms with van der Waals surface area (Å²) in [7, 11) is 0. The monoisotopic (exact) mass is 411 g/mol. The molecule has 0 aliphatic rings. The molecule has 1 N–H and O–H groups in total. The van der Waals surface area contributed by atoms with Crippen LogP contribution in [0.25, 0.3) is 0 Å². The molecule has 0 unspecified atom stereocenters. The summed E-state index contributed by atoms with van der Waals surface area (Å²) in [5.74, 6) is 0.379. The van der Waals surface area contributed by atoms with Crippen LogP contribution in [0.4, 0.5) is 5.69 Å². The lowest BCUT2D eigenvalue weighted by Gasteiger charge is -2.17. The molecule has 0 radical (unpaired) electrons. The highest BCUT2D eigenvalue weighted by Gasteiger charge is 2.16. The smallest absolute Gasteiger partial charge is 0.234 e. The molecule has 0 spiro atoms. The van der Waals surface area contributed by atoms with Gasteiger partial charge in [0.1, 0.15) is 0 Å². The molecular formula is C21H18BrNOS. The normalized spacial score (nSPS) is 10.6. The number of carbonyl (C=O) groups excluding carboxylic acids is 1. The molecule has 0 aliphatic carbocycles. The molecule has 0 heterocycles. The summed E-state index contributed by atoms with van der Waals surface area (Å²) in [5.41, 5.74) is 3.20. The molecule has 3 aromatic carbocycles. The van der Waals surface area contributed by atoms with Gasteiger partial charge in [0.05, 0.1) is 16.7 Å². The molecule has 0 atom stereocenters. The van der Waals surface area contributed by atoms with E-state index in [0.717, 1.165) is 10.2 Å². The first-order chi connectivity index (χ1) is 12.2. The summed E-state index contributed by atoms with van der Waals surface area (Å²) in [5, 5.41) is 3.09. The second-order valence-electron chi connectivity index (χ2n) is 5.54. The van der Waals surface area contributed by atoms with Crippen molar-refractivity contribution in [2.75, 3.05) is 11.1 Å². The number of para-hydroxylation sites is 1. The van der Waals surface area contributed by atoms with Crippen molar-refractivity contribution in [3.63, 3.8) is 0 Å². The van der Waals surface area contributed by atoms with Crippen LogP contribution in [0.1, 0.15) is 16.4 Å². The van der Waals surface area contributed by atoms with E-state index in [-0.39, 0.29) is 11.2 Å². The Hall–Kier alpha value is -2.04. The number of benzene rings is 3. The molecule has 1 amide bonds. The molecular weight excluding hydrogens is 394 g/mol. The zero-order valence-corrected chi connectivity index (χ0v) is 16.0. The molecule has 2 nitrogen and oxygen atoms in total. The Morgan fingerprint density at radius 1 is 0.840 bits per heavy atom. The average Bonchev–Trinajstić information content (AvgIpc) is 2.66. The summed E-state index contributed by atoms with van der Waals surface area (Å²) in [6.45, 7) is 0. The number of anilines is 1. The quantitative estimate of drug-likeness (QED) is 0.545. The minimum Gasteiger partial charge on any atom is -0.324 e. The Bertz CT molecular complexity index is 784. The Labute approximate surface area is 160 Å². The van der Waals surface area contributed by atoms with E-state index in [1.807, 2.05) is 60.7 Å². The highest BCUT2D eigenvalue weighted by molar-refractivity contribution is 9.10. The first-order valence-corrected chi connectivity index (χ1v) is 9.84. The van der Waals surface area contributed by atoms with Crippen LogP contribution in [-0.2, 0) is 4.79 Å². The van der Waals surface area contributed by atoms with E-state index in [2.05, 4.69) is 45.5 Å². The molecule has 0 fully saturated rings. The molecule has 126 valence electrons.